The number of nitrogens with one attached hydrogen (secondary N) is 2. The summed E-state index contributed by atoms with van der Waals surface area (Å²) in [4.78, 5) is 17.6. The van der Waals surface area contributed by atoms with Gasteiger partial charge in [-0.05, 0) is 86.4 Å². The molecule has 2 aromatic rings. The largest absolute Gasteiger partial charge is 0.388 e. The summed E-state index contributed by atoms with van der Waals surface area (Å²) in [6.07, 6.45) is 7.44. The van der Waals surface area contributed by atoms with Crippen molar-refractivity contribution in [1.82, 2.24) is 9.62 Å². The lowest BCUT2D eigenvalue weighted by Crippen LogP contribution is -2.50. The molecule has 2 N–H and O–H groups in total. The van der Waals surface area contributed by atoms with Crippen LogP contribution in [0.15, 0.2) is 52.9 Å². The van der Waals surface area contributed by atoms with E-state index in [-0.39, 0.29) is 19.0 Å². The normalized spacial score (nSPS) is 17.8. The lowest BCUT2D eigenvalue weighted by Gasteiger charge is -2.34. The molecule has 4 rings (SSSR count). The summed E-state index contributed by atoms with van der Waals surface area (Å²) in [5.74, 6) is 0.659. The predicted octanol–water partition coefficient (Wildman–Crippen LogP) is 4.81. The first kappa shape index (κ1) is 27.1. The minimum Gasteiger partial charge on any atom is -0.388 e. The summed E-state index contributed by atoms with van der Waals surface area (Å²) in [5.41, 5.74) is 4.45. The molecule has 0 saturated carbocycles. The number of hydrogen-bond acceptors (Lipinski definition) is 5. The number of nitrogens with zero attached hydrogens (tertiary/aromatic N) is 2. The molecule has 2 aromatic carbocycles. The summed E-state index contributed by atoms with van der Waals surface area (Å²) in [6.45, 7) is 4.51. The van der Waals surface area contributed by atoms with Gasteiger partial charge in [-0.15, -0.1) is 0 Å². The summed E-state index contributed by atoms with van der Waals surface area (Å²) in [5, 5.41) is 7.38. The second kappa shape index (κ2) is 11.6. The maximum Gasteiger partial charge on any atom is 0.253 e. The van der Waals surface area contributed by atoms with Crippen molar-refractivity contribution < 1.29 is 13.2 Å². The van der Waals surface area contributed by atoms with Crippen molar-refractivity contribution in [1.29, 1.82) is 0 Å². The summed E-state index contributed by atoms with van der Waals surface area (Å²) < 4.78 is 27.6. The number of hydrogen-bond donors (Lipinski definition) is 2. The van der Waals surface area contributed by atoms with Crippen LogP contribution in [-0.4, -0.2) is 50.1 Å². The van der Waals surface area contributed by atoms with Crippen molar-refractivity contribution in [3.63, 3.8) is 0 Å². The second-order valence-corrected chi connectivity index (χ2v) is 11.9. The molecule has 1 saturated heterocycles. The average Bonchev–Trinajstić information content (AvgIpc) is 3.18. The molecule has 37 heavy (non-hydrogen) atoms. The number of sulfonamides is 1. The first-order valence-electron chi connectivity index (χ1n) is 13.1. The van der Waals surface area contributed by atoms with E-state index in [4.69, 9.17) is 4.99 Å². The van der Waals surface area contributed by atoms with Crippen molar-refractivity contribution in [2.75, 3.05) is 25.5 Å². The fourth-order valence-electron chi connectivity index (χ4n) is 5.22. The Morgan fingerprint density at radius 1 is 1.03 bits per heavy atom. The van der Waals surface area contributed by atoms with Gasteiger partial charge in [0.05, 0.1) is 0 Å². The van der Waals surface area contributed by atoms with Gasteiger partial charge in [-0.2, -0.15) is 4.31 Å². The van der Waals surface area contributed by atoms with Crippen molar-refractivity contribution in [2.45, 2.75) is 64.3 Å². The van der Waals surface area contributed by atoms with E-state index >= 15 is 0 Å². The highest BCUT2D eigenvalue weighted by Gasteiger charge is 2.46. The van der Waals surface area contributed by atoms with E-state index in [1.54, 1.807) is 6.08 Å². The molecule has 1 fully saturated rings. The quantitative estimate of drug-likeness (QED) is 0.438. The third-order valence-electron chi connectivity index (χ3n) is 7.45. The Morgan fingerprint density at radius 3 is 2.32 bits per heavy atom. The number of piperidine rings is 1. The van der Waals surface area contributed by atoms with E-state index in [0.717, 1.165) is 60.3 Å². The van der Waals surface area contributed by atoms with Crippen LogP contribution < -0.4 is 10.6 Å². The molecule has 7 nitrogen and oxygen atoms in total. The lowest BCUT2D eigenvalue weighted by atomic mass is 9.89. The van der Waals surface area contributed by atoms with E-state index < -0.39 is 15.6 Å². The fourth-order valence-corrected chi connectivity index (χ4v) is 6.39. The number of aliphatic imine (C=N–C) groups is 1. The average molecular weight is 523 g/mol. The third kappa shape index (κ3) is 6.48. The summed E-state index contributed by atoms with van der Waals surface area (Å²) >= 11 is 0. The minimum atomic E-state index is -3.59. The number of benzene rings is 2. The van der Waals surface area contributed by atoms with Crippen LogP contribution in [0.5, 0.6) is 0 Å². The van der Waals surface area contributed by atoms with Gasteiger partial charge in [-0.3, -0.25) is 9.79 Å². The van der Waals surface area contributed by atoms with Crippen molar-refractivity contribution >= 4 is 33.5 Å². The first-order valence-corrected chi connectivity index (χ1v) is 14.6. The van der Waals surface area contributed by atoms with E-state index in [9.17, 15) is 13.2 Å². The zero-order valence-corrected chi connectivity index (χ0v) is 22.9. The highest BCUT2D eigenvalue weighted by atomic mass is 32.2. The van der Waals surface area contributed by atoms with Gasteiger partial charge >= 0.3 is 0 Å². The van der Waals surface area contributed by atoms with Gasteiger partial charge in [-0.1, -0.05) is 36.8 Å². The topological polar surface area (TPSA) is 90.9 Å². The van der Waals surface area contributed by atoms with Crippen LogP contribution in [0.3, 0.4) is 0 Å². The molecular formula is C29H38N4O3S. The van der Waals surface area contributed by atoms with E-state index in [1.807, 2.05) is 39.1 Å². The Morgan fingerprint density at radius 2 is 1.68 bits per heavy atom. The highest BCUT2D eigenvalue weighted by molar-refractivity contribution is 7.92. The maximum absolute atomic E-state index is 13.0. The highest BCUT2D eigenvalue weighted by Crippen LogP contribution is 2.32. The number of amides is 1. The van der Waals surface area contributed by atoms with Crippen LogP contribution in [0.2, 0.25) is 0 Å². The molecule has 1 amide bonds. The van der Waals surface area contributed by atoms with Crippen LogP contribution in [0, 0.1) is 13.8 Å². The number of rotatable bonds is 10. The Kier molecular flexibility index (Phi) is 8.49. The van der Waals surface area contributed by atoms with Crippen molar-refractivity contribution in [2.24, 2.45) is 4.99 Å². The van der Waals surface area contributed by atoms with Crippen molar-refractivity contribution in [3.8, 4) is 0 Å². The van der Waals surface area contributed by atoms with Gasteiger partial charge in [0.25, 0.3) is 5.91 Å². The van der Waals surface area contributed by atoms with E-state index in [2.05, 4.69) is 34.9 Å². The number of unbranched alkanes of at least 4 members (excludes halogenated alkanes) is 2. The van der Waals surface area contributed by atoms with Crippen LogP contribution in [0.1, 0.15) is 60.8 Å². The Hall–Kier alpha value is -2.97. The second-order valence-electron chi connectivity index (χ2n) is 10.1. The zero-order chi connectivity index (χ0) is 26.5. The van der Waals surface area contributed by atoms with E-state index in [0.29, 0.717) is 12.8 Å². The lowest BCUT2D eigenvalue weighted by molar-refractivity contribution is -0.124. The smallest absolute Gasteiger partial charge is 0.253 e. The number of aryl methyl sites for hydroxylation is 3. The number of carbonyl (C=O) groups excluding carboxylic acids is 1. The molecule has 2 aliphatic heterocycles. The summed E-state index contributed by atoms with van der Waals surface area (Å²) in [7, 11) is -1.73. The molecule has 2 aliphatic rings. The molecule has 0 atom stereocenters. The van der Waals surface area contributed by atoms with E-state index in [1.165, 1.54) is 15.3 Å². The van der Waals surface area contributed by atoms with Gasteiger partial charge < -0.3 is 10.6 Å². The van der Waals surface area contributed by atoms with Gasteiger partial charge in [-0.25, -0.2) is 8.42 Å². The van der Waals surface area contributed by atoms with Gasteiger partial charge in [0, 0.05) is 37.7 Å². The standard InChI is InChI=1S/C29H38N4O3S/c1-22-20-25(30-3)21-23(2)26(22)14-19-37(35,36)33-17-15-29(16-18-33)28(34)31-27(32-29)13-9-5-8-12-24-10-6-4-7-11-24/h4,6-7,10-11,14,19-21,30H,5,8-9,12-13,15-18H2,1-3H3,(H,31,32,34). The van der Waals surface area contributed by atoms with Crippen LogP contribution in [0.4, 0.5) is 5.69 Å². The Labute approximate surface area is 221 Å². The Balaban J connectivity index is 1.30. The maximum atomic E-state index is 13.0. The molecule has 0 aromatic heterocycles. The molecule has 0 unspecified atom stereocenters. The minimum absolute atomic E-state index is 0.0877. The number of carbonyl (C=O) groups is 1. The van der Waals surface area contributed by atoms with Crippen LogP contribution >= 0.6 is 0 Å². The van der Waals surface area contributed by atoms with Gasteiger partial charge in [0.1, 0.15) is 11.4 Å². The molecular weight excluding hydrogens is 484 g/mol. The zero-order valence-electron chi connectivity index (χ0n) is 22.1. The molecule has 0 aliphatic carbocycles. The Bertz CT molecular complexity index is 1250. The predicted molar refractivity (Wildman–Crippen MR) is 151 cm³/mol. The first-order chi connectivity index (χ1) is 17.7. The molecule has 0 radical (unpaired) electrons. The molecule has 1 spiro atoms. The van der Waals surface area contributed by atoms with Gasteiger partial charge in [0.2, 0.25) is 10.0 Å². The number of amidine groups is 1. The van der Waals surface area contributed by atoms with Gasteiger partial charge in [0.15, 0.2) is 0 Å². The summed E-state index contributed by atoms with van der Waals surface area (Å²) in [6, 6.07) is 14.5. The fraction of sp³-hybridized carbons (Fsp3) is 0.448. The number of anilines is 1. The molecule has 8 heteroatoms. The third-order valence-corrected chi connectivity index (χ3v) is 9.01. The van der Waals surface area contributed by atoms with Crippen molar-refractivity contribution in [3.05, 3.63) is 70.1 Å². The van der Waals surface area contributed by atoms with Crippen LogP contribution in [0.25, 0.3) is 6.08 Å². The van der Waals surface area contributed by atoms with Crippen LogP contribution in [-0.2, 0) is 21.2 Å². The monoisotopic (exact) mass is 522 g/mol. The molecule has 2 heterocycles. The molecule has 0 bridgehead atoms. The molecule has 198 valence electrons. The SMILES string of the molecule is CNc1cc(C)c(C=CS(=O)(=O)N2CCC3(CC2)N=C(CCCCCc2ccccc2)NC3=O)c(C)c1.